The molecule has 154 valence electrons. The lowest BCUT2D eigenvalue weighted by atomic mass is 9.91. The average Bonchev–Trinajstić information content (AvgIpc) is 2.73. The minimum atomic E-state index is -0.714. The second kappa shape index (κ2) is 12.2. The van der Waals surface area contributed by atoms with Crippen molar-refractivity contribution >= 4 is 17.8 Å². The monoisotopic (exact) mass is 389 g/mol. The van der Waals surface area contributed by atoms with Crippen LogP contribution in [0.5, 0.6) is 0 Å². The van der Waals surface area contributed by atoms with Gasteiger partial charge in [0.2, 0.25) is 5.78 Å². The van der Waals surface area contributed by atoms with Crippen LogP contribution in [0.3, 0.4) is 0 Å². The van der Waals surface area contributed by atoms with Crippen LogP contribution in [0.1, 0.15) is 57.4 Å². The maximum Gasteiger partial charge on any atom is 0.410 e. The molecule has 0 radical (unpaired) electrons. The third kappa shape index (κ3) is 7.71. The van der Waals surface area contributed by atoms with Crippen molar-refractivity contribution in [2.45, 2.75) is 58.5 Å². The molecule has 1 aromatic rings. The second-order valence-electron chi connectivity index (χ2n) is 7.21. The lowest BCUT2D eigenvalue weighted by molar-refractivity contribution is -0.153. The molecular formula is C22H31NO5. The smallest absolute Gasteiger partial charge is 0.410 e. The van der Waals surface area contributed by atoms with Crippen LogP contribution in [-0.2, 0) is 25.7 Å². The fourth-order valence-electron chi connectivity index (χ4n) is 3.42. The SMILES string of the molecule is CCOC(=O)C(=O)CCCCCC1CCN(C(=O)OCc2ccccc2)CC1. The molecule has 1 aliphatic rings. The lowest BCUT2D eigenvalue weighted by Gasteiger charge is -2.31. The zero-order valence-electron chi connectivity index (χ0n) is 16.7. The van der Waals surface area contributed by atoms with Gasteiger partial charge in [0.05, 0.1) is 6.61 Å². The quantitative estimate of drug-likeness (QED) is 0.342. The molecule has 6 heteroatoms. The van der Waals surface area contributed by atoms with Crippen LogP contribution in [0, 0.1) is 5.92 Å². The van der Waals surface area contributed by atoms with E-state index in [2.05, 4.69) is 0 Å². The molecule has 1 fully saturated rings. The first kappa shape index (κ1) is 21.9. The van der Waals surface area contributed by atoms with Crippen LogP contribution in [-0.4, -0.2) is 42.4 Å². The molecule has 0 N–H and O–H groups in total. The van der Waals surface area contributed by atoms with Gasteiger partial charge >= 0.3 is 12.1 Å². The van der Waals surface area contributed by atoms with Gasteiger partial charge in [-0.15, -0.1) is 0 Å². The van der Waals surface area contributed by atoms with Crippen LogP contribution in [0.25, 0.3) is 0 Å². The molecule has 0 bridgehead atoms. The molecule has 1 amide bonds. The Balaban J connectivity index is 1.54. The van der Waals surface area contributed by atoms with E-state index in [4.69, 9.17) is 9.47 Å². The van der Waals surface area contributed by atoms with E-state index >= 15 is 0 Å². The highest BCUT2D eigenvalue weighted by Crippen LogP contribution is 2.23. The van der Waals surface area contributed by atoms with Crippen molar-refractivity contribution < 1.29 is 23.9 Å². The molecule has 0 saturated carbocycles. The maximum atomic E-state index is 12.2. The number of carbonyl (C=O) groups excluding carboxylic acids is 3. The Morgan fingerprint density at radius 1 is 1.00 bits per heavy atom. The highest BCUT2D eigenvalue weighted by molar-refractivity contribution is 6.33. The fraction of sp³-hybridized carbons (Fsp3) is 0.591. The van der Waals surface area contributed by atoms with Gasteiger partial charge in [-0.2, -0.15) is 0 Å². The highest BCUT2D eigenvalue weighted by Gasteiger charge is 2.23. The van der Waals surface area contributed by atoms with Crippen LogP contribution < -0.4 is 0 Å². The van der Waals surface area contributed by atoms with Crippen molar-refractivity contribution in [3.05, 3.63) is 35.9 Å². The molecule has 28 heavy (non-hydrogen) atoms. The number of amides is 1. The summed E-state index contributed by atoms with van der Waals surface area (Å²) in [4.78, 5) is 36.7. The minimum Gasteiger partial charge on any atom is -0.460 e. The number of Topliss-reactive ketones (excluding diaryl/α,β-unsaturated/α-hetero) is 1. The molecule has 1 aliphatic heterocycles. The van der Waals surface area contributed by atoms with E-state index in [-0.39, 0.29) is 19.1 Å². The van der Waals surface area contributed by atoms with Crippen molar-refractivity contribution in [2.24, 2.45) is 5.92 Å². The summed E-state index contributed by atoms with van der Waals surface area (Å²) in [5, 5.41) is 0. The Kier molecular flexibility index (Phi) is 9.52. The van der Waals surface area contributed by atoms with Gasteiger partial charge in [0, 0.05) is 19.5 Å². The Morgan fingerprint density at radius 2 is 1.71 bits per heavy atom. The number of ether oxygens (including phenoxy) is 2. The van der Waals surface area contributed by atoms with Gasteiger partial charge in [0.15, 0.2) is 0 Å². The molecule has 0 spiro atoms. The summed E-state index contributed by atoms with van der Waals surface area (Å²) in [6.07, 6.45) is 5.81. The highest BCUT2D eigenvalue weighted by atomic mass is 16.6. The van der Waals surface area contributed by atoms with Crippen molar-refractivity contribution in [3.63, 3.8) is 0 Å². The van der Waals surface area contributed by atoms with Gasteiger partial charge in [-0.1, -0.05) is 49.6 Å². The Hall–Kier alpha value is -2.37. The predicted octanol–water partition coefficient (Wildman–Crippen LogP) is 4.12. The van der Waals surface area contributed by atoms with Crippen molar-refractivity contribution in [3.8, 4) is 0 Å². The molecule has 6 nitrogen and oxygen atoms in total. The van der Waals surface area contributed by atoms with E-state index in [1.807, 2.05) is 30.3 Å². The molecule has 0 aliphatic carbocycles. The zero-order valence-corrected chi connectivity index (χ0v) is 16.7. The van der Waals surface area contributed by atoms with Gasteiger partial charge in [-0.05, 0) is 37.7 Å². The summed E-state index contributed by atoms with van der Waals surface area (Å²) in [5.41, 5.74) is 0.993. The molecule has 0 unspecified atom stereocenters. The van der Waals surface area contributed by atoms with E-state index < -0.39 is 11.8 Å². The largest absolute Gasteiger partial charge is 0.460 e. The minimum absolute atomic E-state index is 0.236. The average molecular weight is 389 g/mol. The van der Waals surface area contributed by atoms with E-state index in [9.17, 15) is 14.4 Å². The number of ketones is 1. The normalized spacial score (nSPS) is 14.5. The van der Waals surface area contributed by atoms with Gasteiger partial charge in [0.25, 0.3) is 0 Å². The summed E-state index contributed by atoms with van der Waals surface area (Å²) >= 11 is 0. The Bertz CT molecular complexity index is 623. The fourth-order valence-corrected chi connectivity index (χ4v) is 3.42. The molecule has 2 rings (SSSR count). The third-order valence-corrected chi connectivity index (χ3v) is 5.10. The van der Waals surface area contributed by atoms with E-state index in [1.54, 1.807) is 11.8 Å². The summed E-state index contributed by atoms with van der Waals surface area (Å²) in [7, 11) is 0. The van der Waals surface area contributed by atoms with Gasteiger partial charge in [-0.3, -0.25) is 4.79 Å². The molecule has 0 aromatic heterocycles. The Labute approximate surface area is 167 Å². The standard InChI is InChI=1S/C22H31NO5/c1-2-27-21(25)20(24)12-8-4-5-9-18-13-15-23(16-14-18)22(26)28-17-19-10-6-3-7-11-19/h3,6-7,10-11,18H,2,4-5,8-9,12-17H2,1H3. The van der Waals surface area contributed by atoms with E-state index in [1.165, 1.54) is 0 Å². The van der Waals surface area contributed by atoms with Crippen molar-refractivity contribution in [1.29, 1.82) is 0 Å². The number of carbonyl (C=O) groups is 3. The number of nitrogens with zero attached hydrogens (tertiary/aromatic N) is 1. The third-order valence-electron chi connectivity index (χ3n) is 5.10. The molecule has 1 saturated heterocycles. The first-order valence-electron chi connectivity index (χ1n) is 10.3. The predicted molar refractivity (Wildman–Crippen MR) is 106 cm³/mol. The first-order valence-corrected chi connectivity index (χ1v) is 10.3. The number of hydrogen-bond donors (Lipinski definition) is 0. The summed E-state index contributed by atoms with van der Waals surface area (Å²) < 4.78 is 10.1. The van der Waals surface area contributed by atoms with Crippen LogP contribution in [0.2, 0.25) is 0 Å². The molecular weight excluding hydrogens is 358 g/mol. The van der Waals surface area contributed by atoms with E-state index in [0.29, 0.717) is 12.5 Å². The summed E-state index contributed by atoms with van der Waals surface area (Å²) in [5.74, 6) is -0.530. The summed E-state index contributed by atoms with van der Waals surface area (Å²) in [6, 6.07) is 9.69. The topological polar surface area (TPSA) is 72.9 Å². The number of rotatable bonds is 10. The number of benzene rings is 1. The number of likely N-dealkylation sites (tertiary alicyclic amines) is 1. The second-order valence-corrected chi connectivity index (χ2v) is 7.21. The van der Waals surface area contributed by atoms with E-state index in [0.717, 1.165) is 57.2 Å². The van der Waals surface area contributed by atoms with Crippen molar-refractivity contribution in [2.75, 3.05) is 19.7 Å². The maximum absolute atomic E-state index is 12.2. The first-order chi connectivity index (χ1) is 13.6. The van der Waals surface area contributed by atoms with Crippen molar-refractivity contribution in [1.82, 2.24) is 4.90 Å². The Morgan fingerprint density at radius 3 is 2.39 bits per heavy atom. The molecule has 0 atom stereocenters. The van der Waals surface area contributed by atoms with Gasteiger partial charge < -0.3 is 14.4 Å². The number of hydrogen-bond acceptors (Lipinski definition) is 5. The molecule has 1 heterocycles. The zero-order chi connectivity index (χ0) is 20.2. The van der Waals surface area contributed by atoms with Crippen LogP contribution >= 0.6 is 0 Å². The van der Waals surface area contributed by atoms with Gasteiger partial charge in [-0.25, -0.2) is 9.59 Å². The summed E-state index contributed by atoms with van der Waals surface area (Å²) in [6.45, 7) is 3.71. The van der Waals surface area contributed by atoms with Gasteiger partial charge in [0.1, 0.15) is 6.61 Å². The van der Waals surface area contributed by atoms with Crippen LogP contribution in [0.15, 0.2) is 30.3 Å². The van der Waals surface area contributed by atoms with Crippen LogP contribution in [0.4, 0.5) is 4.79 Å². The number of unbranched alkanes of at least 4 members (excludes halogenated alkanes) is 2. The number of esters is 1. The number of piperidine rings is 1. The molecule has 1 aromatic carbocycles. The lowest BCUT2D eigenvalue weighted by Crippen LogP contribution is -2.38.